The zero-order valence-corrected chi connectivity index (χ0v) is 10.6. The number of ether oxygens (including phenoxy) is 1. The highest BCUT2D eigenvalue weighted by atomic mass is 16.5. The molecule has 1 aromatic rings. The van der Waals surface area contributed by atoms with Crippen LogP contribution in [0.3, 0.4) is 0 Å². The van der Waals surface area contributed by atoms with Crippen LogP contribution in [0.1, 0.15) is 25.3 Å². The van der Waals surface area contributed by atoms with E-state index in [9.17, 15) is 4.79 Å². The maximum Gasteiger partial charge on any atom is 0.160 e. The molecule has 0 aromatic heterocycles. The minimum Gasteiger partial charge on any atom is -0.496 e. The molecule has 17 heavy (non-hydrogen) atoms. The molecule has 3 heteroatoms. The SMILES string of the molecule is CCN(CC)C1C(=O)C1c1ccccc1OC. The van der Waals surface area contributed by atoms with Gasteiger partial charge in [-0.05, 0) is 19.2 Å². The third-order valence-corrected chi connectivity index (χ3v) is 3.48. The van der Waals surface area contributed by atoms with Crippen LogP contribution in [-0.4, -0.2) is 36.9 Å². The number of para-hydroxylation sites is 1. The molecule has 0 bridgehead atoms. The Morgan fingerprint density at radius 1 is 1.24 bits per heavy atom. The van der Waals surface area contributed by atoms with E-state index in [4.69, 9.17) is 4.74 Å². The Morgan fingerprint density at radius 2 is 1.88 bits per heavy atom. The molecule has 0 radical (unpaired) electrons. The highest BCUT2D eigenvalue weighted by Gasteiger charge is 2.53. The van der Waals surface area contributed by atoms with E-state index in [0.29, 0.717) is 5.78 Å². The number of benzene rings is 1. The van der Waals surface area contributed by atoms with Gasteiger partial charge in [0.2, 0.25) is 0 Å². The lowest BCUT2D eigenvalue weighted by Gasteiger charge is -2.16. The van der Waals surface area contributed by atoms with E-state index in [1.165, 1.54) is 0 Å². The van der Waals surface area contributed by atoms with Crippen molar-refractivity contribution in [1.82, 2.24) is 4.90 Å². The normalized spacial score (nSPS) is 22.9. The molecule has 1 aliphatic rings. The first-order valence-corrected chi connectivity index (χ1v) is 6.15. The van der Waals surface area contributed by atoms with E-state index >= 15 is 0 Å². The summed E-state index contributed by atoms with van der Waals surface area (Å²) < 4.78 is 5.32. The van der Waals surface area contributed by atoms with Crippen LogP contribution in [-0.2, 0) is 4.79 Å². The first-order chi connectivity index (χ1) is 8.24. The van der Waals surface area contributed by atoms with Gasteiger partial charge in [0.15, 0.2) is 5.78 Å². The van der Waals surface area contributed by atoms with Crippen molar-refractivity contribution in [3.8, 4) is 5.75 Å². The van der Waals surface area contributed by atoms with Gasteiger partial charge < -0.3 is 4.74 Å². The van der Waals surface area contributed by atoms with E-state index in [0.717, 1.165) is 24.4 Å². The van der Waals surface area contributed by atoms with Gasteiger partial charge in [-0.2, -0.15) is 0 Å². The number of carbonyl (C=O) groups excluding carboxylic acids is 1. The van der Waals surface area contributed by atoms with Crippen molar-refractivity contribution in [2.75, 3.05) is 20.2 Å². The summed E-state index contributed by atoms with van der Waals surface area (Å²) in [5, 5.41) is 0. The highest BCUT2D eigenvalue weighted by molar-refractivity contribution is 6.08. The fourth-order valence-corrected chi connectivity index (χ4v) is 2.48. The van der Waals surface area contributed by atoms with E-state index in [2.05, 4.69) is 18.7 Å². The van der Waals surface area contributed by atoms with E-state index in [-0.39, 0.29) is 12.0 Å². The standard InChI is InChI=1S/C14H19NO2/c1-4-15(5-2)13-12(14(13)16)10-8-6-7-9-11(10)17-3/h6-9,12-13H,4-5H2,1-3H3. The maximum atomic E-state index is 11.9. The van der Waals surface area contributed by atoms with Crippen molar-refractivity contribution in [1.29, 1.82) is 0 Å². The van der Waals surface area contributed by atoms with Crippen LogP contribution in [0.25, 0.3) is 0 Å². The van der Waals surface area contributed by atoms with Crippen molar-refractivity contribution in [2.24, 2.45) is 0 Å². The lowest BCUT2D eigenvalue weighted by molar-refractivity contribution is -0.111. The Morgan fingerprint density at radius 3 is 2.47 bits per heavy atom. The minimum absolute atomic E-state index is 0.00560. The minimum atomic E-state index is 0.00560. The lowest BCUT2D eigenvalue weighted by Crippen LogP contribution is -2.27. The molecule has 0 spiro atoms. The van der Waals surface area contributed by atoms with Crippen LogP contribution in [0.2, 0.25) is 0 Å². The summed E-state index contributed by atoms with van der Waals surface area (Å²) in [5.74, 6) is 1.14. The van der Waals surface area contributed by atoms with Crippen molar-refractivity contribution >= 4 is 5.78 Å². The molecule has 1 aliphatic carbocycles. The molecular weight excluding hydrogens is 214 g/mol. The topological polar surface area (TPSA) is 29.5 Å². The molecular formula is C14H19NO2. The predicted molar refractivity (Wildman–Crippen MR) is 67.5 cm³/mol. The Kier molecular flexibility index (Phi) is 3.48. The zero-order valence-electron chi connectivity index (χ0n) is 10.6. The number of nitrogens with zero attached hydrogens (tertiary/aromatic N) is 1. The molecule has 0 saturated heterocycles. The average Bonchev–Trinajstić information content (AvgIpc) is 3.02. The van der Waals surface area contributed by atoms with Crippen molar-refractivity contribution < 1.29 is 9.53 Å². The van der Waals surface area contributed by atoms with Crippen molar-refractivity contribution in [3.05, 3.63) is 29.8 Å². The number of rotatable bonds is 5. The molecule has 1 aromatic carbocycles. The third kappa shape index (κ3) is 2.07. The monoisotopic (exact) mass is 233 g/mol. The van der Waals surface area contributed by atoms with Crippen LogP contribution in [0, 0.1) is 0 Å². The zero-order chi connectivity index (χ0) is 12.4. The Hall–Kier alpha value is -1.35. The molecule has 2 unspecified atom stereocenters. The second-order valence-electron chi connectivity index (χ2n) is 4.29. The molecule has 3 nitrogen and oxygen atoms in total. The van der Waals surface area contributed by atoms with Gasteiger partial charge >= 0.3 is 0 Å². The second-order valence-corrected chi connectivity index (χ2v) is 4.29. The van der Waals surface area contributed by atoms with Gasteiger partial charge in [-0.15, -0.1) is 0 Å². The first-order valence-electron chi connectivity index (χ1n) is 6.15. The number of hydrogen-bond acceptors (Lipinski definition) is 3. The maximum absolute atomic E-state index is 11.9. The molecule has 0 N–H and O–H groups in total. The smallest absolute Gasteiger partial charge is 0.160 e. The van der Waals surface area contributed by atoms with E-state index in [1.54, 1.807) is 7.11 Å². The average molecular weight is 233 g/mol. The number of methoxy groups -OCH3 is 1. The van der Waals surface area contributed by atoms with Crippen LogP contribution >= 0.6 is 0 Å². The quantitative estimate of drug-likeness (QED) is 0.779. The number of likely N-dealkylation sites (N-methyl/N-ethyl adjacent to an activating group) is 1. The van der Waals surface area contributed by atoms with Gasteiger partial charge in [-0.25, -0.2) is 0 Å². The van der Waals surface area contributed by atoms with E-state index < -0.39 is 0 Å². The second kappa shape index (κ2) is 4.88. The van der Waals surface area contributed by atoms with Gasteiger partial charge in [0, 0.05) is 5.56 Å². The largest absolute Gasteiger partial charge is 0.496 e. The summed E-state index contributed by atoms with van der Waals surface area (Å²) in [7, 11) is 1.65. The molecule has 1 fully saturated rings. The van der Waals surface area contributed by atoms with Gasteiger partial charge in [0.05, 0.1) is 19.1 Å². The van der Waals surface area contributed by atoms with Gasteiger partial charge in [-0.3, -0.25) is 9.69 Å². The number of Topliss-reactive ketones (excluding diaryl/α,β-unsaturated/α-hetero) is 1. The summed E-state index contributed by atoms with van der Waals surface area (Å²) in [5.41, 5.74) is 1.02. The molecule has 2 rings (SSSR count). The van der Waals surface area contributed by atoms with Crippen LogP contribution in [0.4, 0.5) is 0 Å². The molecule has 0 aliphatic heterocycles. The fraction of sp³-hybridized carbons (Fsp3) is 0.500. The van der Waals surface area contributed by atoms with E-state index in [1.807, 2.05) is 24.3 Å². The first kappa shape index (κ1) is 12.1. The number of hydrogen-bond donors (Lipinski definition) is 0. The van der Waals surface area contributed by atoms with Crippen LogP contribution in [0.15, 0.2) is 24.3 Å². The van der Waals surface area contributed by atoms with Crippen LogP contribution < -0.4 is 4.74 Å². The summed E-state index contributed by atoms with van der Waals surface area (Å²) in [6.45, 7) is 6.01. The molecule has 2 atom stereocenters. The summed E-state index contributed by atoms with van der Waals surface area (Å²) in [4.78, 5) is 14.2. The predicted octanol–water partition coefficient (Wildman–Crippen LogP) is 2.07. The summed E-state index contributed by atoms with van der Waals surface area (Å²) in [6, 6.07) is 7.86. The third-order valence-electron chi connectivity index (χ3n) is 3.48. The Labute approximate surface area is 102 Å². The molecule has 92 valence electrons. The Balaban J connectivity index is 2.22. The van der Waals surface area contributed by atoms with Crippen molar-refractivity contribution in [2.45, 2.75) is 25.8 Å². The number of ketones is 1. The lowest BCUT2D eigenvalue weighted by atomic mass is 10.1. The van der Waals surface area contributed by atoms with Crippen LogP contribution in [0.5, 0.6) is 5.75 Å². The fourth-order valence-electron chi connectivity index (χ4n) is 2.48. The van der Waals surface area contributed by atoms with Gasteiger partial charge in [0.1, 0.15) is 5.75 Å². The molecule has 1 saturated carbocycles. The van der Waals surface area contributed by atoms with Crippen molar-refractivity contribution in [3.63, 3.8) is 0 Å². The highest BCUT2D eigenvalue weighted by Crippen LogP contribution is 2.44. The number of carbonyl (C=O) groups is 1. The summed E-state index contributed by atoms with van der Waals surface area (Å²) in [6.07, 6.45) is 0. The summed E-state index contributed by atoms with van der Waals surface area (Å²) >= 11 is 0. The molecule has 0 heterocycles. The van der Waals surface area contributed by atoms with Gasteiger partial charge in [-0.1, -0.05) is 32.0 Å². The van der Waals surface area contributed by atoms with Gasteiger partial charge in [0.25, 0.3) is 0 Å². The molecule has 0 amide bonds. The Bertz CT molecular complexity index is 412.